The van der Waals surface area contributed by atoms with Crippen molar-refractivity contribution in [3.8, 4) is 0 Å². The number of urea groups is 1. The van der Waals surface area contributed by atoms with Crippen LogP contribution < -0.4 is 10.6 Å². The molecular weight excluding hydrogens is 269 g/mol. The lowest BCUT2D eigenvalue weighted by molar-refractivity contribution is 0.210. The van der Waals surface area contributed by atoms with Gasteiger partial charge in [0.1, 0.15) is 5.82 Å². The maximum absolute atomic E-state index is 14.0. The summed E-state index contributed by atoms with van der Waals surface area (Å²) in [6.07, 6.45) is 0. The predicted molar refractivity (Wildman–Crippen MR) is 80.3 cm³/mol. The molecule has 21 heavy (non-hydrogen) atoms. The second-order valence-electron chi connectivity index (χ2n) is 5.20. The van der Waals surface area contributed by atoms with E-state index in [0.29, 0.717) is 17.8 Å². The number of para-hydroxylation sites is 1. The van der Waals surface area contributed by atoms with Crippen molar-refractivity contribution < 1.29 is 9.18 Å². The van der Waals surface area contributed by atoms with Crippen molar-refractivity contribution in [2.75, 3.05) is 17.7 Å². The Morgan fingerprint density at radius 2 is 2.00 bits per heavy atom. The zero-order valence-electron chi connectivity index (χ0n) is 11.7. The maximum Gasteiger partial charge on any atom is 0.324 e. The summed E-state index contributed by atoms with van der Waals surface area (Å²) in [5, 5.41) is 0. The Labute approximate surface area is 122 Å². The number of carbonyl (C=O) groups excluding carboxylic acids is 1. The molecule has 1 aliphatic heterocycles. The summed E-state index contributed by atoms with van der Waals surface area (Å²) in [6, 6.07) is 12.1. The van der Waals surface area contributed by atoms with E-state index in [1.165, 1.54) is 6.07 Å². The number of halogens is 1. The van der Waals surface area contributed by atoms with Gasteiger partial charge in [0.25, 0.3) is 0 Å². The molecule has 2 aromatic rings. The van der Waals surface area contributed by atoms with Gasteiger partial charge in [0.2, 0.25) is 0 Å². The Hall–Kier alpha value is -2.56. The number of carbonyl (C=O) groups is 1. The molecular formula is C16H16FN3O. The average Bonchev–Trinajstić information content (AvgIpc) is 2.46. The van der Waals surface area contributed by atoms with Gasteiger partial charge < -0.3 is 10.6 Å². The van der Waals surface area contributed by atoms with Gasteiger partial charge in [0.05, 0.1) is 12.2 Å². The summed E-state index contributed by atoms with van der Waals surface area (Å²) >= 11 is 0. The molecule has 0 saturated carbocycles. The van der Waals surface area contributed by atoms with E-state index in [0.717, 1.165) is 11.3 Å². The summed E-state index contributed by atoms with van der Waals surface area (Å²) in [5.41, 5.74) is 8.26. The second-order valence-corrected chi connectivity index (χ2v) is 5.20. The highest BCUT2D eigenvalue weighted by Crippen LogP contribution is 2.29. The zero-order valence-corrected chi connectivity index (χ0v) is 11.7. The van der Waals surface area contributed by atoms with E-state index in [9.17, 15) is 9.18 Å². The van der Waals surface area contributed by atoms with Gasteiger partial charge >= 0.3 is 6.03 Å². The lowest BCUT2D eigenvalue weighted by Gasteiger charge is -2.35. The predicted octanol–water partition coefficient (Wildman–Crippen LogP) is 2.98. The van der Waals surface area contributed by atoms with E-state index in [1.807, 2.05) is 24.3 Å². The molecule has 3 rings (SSSR count). The molecule has 2 aromatic carbocycles. The minimum Gasteiger partial charge on any atom is -0.399 e. The minimum absolute atomic E-state index is 0.134. The number of rotatable bonds is 2. The normalized spacial score (nSPS) is 14.3. The molecule has 0 saturated heterocycles. The van der Waals surface area contributed by atoms with Crippen molar-refractivity contribution in [3.05, 3.63) is 59.4 Å². The Bertz CT molecular complexity index is 702. The van der Waals surface area contributed by atoms with Gasteiger partial charge in [-0.1, -0.05) is 24.3 Å². The second kappa shape index (κ2) is 5.09. The van der Waals surface area contributed by atoms with Gasteiger partial charge in [-0.25, -0.2) is 9.18 Å². The molecule has 0 bridgehead atoms. The molecule has 0 fully saturated rings. The van der Waals surface area contributed by atoms with Crippen LogP contribution in [0, 0.1) is 5.82 Å². The molecule has 4 nitrogen and oxygen atoms in total. The van der Waals surface area contributed by atoms with Crippen molar-refractivity contribution in [1.82, 2.24) is 4.90 Å². The Kier molecular flexibility index (Phi) is 3.25. The molecule has 0 atom stereocenters. The highest BCUT2D eigenvalue weighted by molar-refractivity contribution is 5.94. The summed E-state index contributed by atoms with van der Waals surface area (Å²) in [6.45, 7) is 0.752. The molecule has 0 aliphatic carbocycles. The largest absolute Gasteiger partial charge is 0.399 e. The minimum atomic E-state index is -0.395. The lowest BCUT2D eigenvalue weighted by Crippen LogP contribution is -2.44. The third-order valence-corrected chi connectivity index (χ3v) is 3.65. The fraction of sp³-hybridized carbons (Fsp3) is 0.188. The third-order valence-electron chi connectivity index (χ3n) is 3.65. The van der Waals surface area contributed by atoms with E-state index in [2.05, 4.69) is 0 Å². The number of hydrogen-bond acceptors (Lipinski definition) is 2. The number of benzene rings is 2. The van der Waals surface area contributed by atoms with Crippen molar-refractivity contribution >= 4 is 17.4 Å². The quantitative estimate of drug-likeness (QED) is 0.862. The summed E-state index contributed by atoms with van der Waals surface area (Å²) in [4.78, 5) is 15.6. The lowest BCUT2D eigenvalue weighted by atomic mass is 10.1. The van der Waals surface area contributed by atoms with Gasteiger partial charge in [-0.05, 0) is 23.8 Å². The fourth-order valence-corrected chi connectivity index (χ4v) is 2.56. The molecule has 1 aliphatic rings. The Balaban J connectivity index is 1.99. The number of fused-ring (bicyclic) bond motifs is 1. The van der Waals surface area contributed by atoms with Crippen LogP contribution in [0.1, 0.15) is 11.1 Å². The summed E-state index contributed by atoms with van der Waals surface area (Å²) < 4.78 is 14.0. The van der Waals surface area contributed by atoms with Crippen molar-refractivity contribution in [2.24, 2.45) is 0 Å². The standard InChI is InChI=1S/C16H16FN3O/c1-19-9-12-4-2-3-5-15(12)20(16(19)21)10-11-6-7-13(18)8-14(11)17/h2-8H,9-10,18H2,1H3. The molecule has 0 spiro atoms. The first-order chi connectivity index (χ1) is 10.1. The van der Waals surface area contributed by atoms with Gasteiger partial charge in [0, 0.05) is 24.8 Å². The molecule has 0 radical (unpaired) electrons. The molecule has 0 aromatic heterocycles. The van der Waals surface area contributed by atoms with Crippen LogP contribution in [0.25, 0.3) is 0 Å². The number of hydrogen-bond donors (Lipinski definition) is 1. The molecule has 2 N–H and O–H groups in total. The maximum atomic E-state index is 14.0. The van der Waals surface area contributed by atoms with Gasteiger partial charge in [-0.3, -0.25) is 4.90 Å². The number of nitrogen functional groups attached to an aromatic ring is 1. The first kappa shape index (κ1) is 13.4. The highest BCUT2D eigenvalue weighted by Gasteiger charge is 2.28. The van der Waals surface area contributed by atoms with Crippen LogP contribution in [0.3, 0.4) is 0 Å². The third kappa shape index (κ3) is 2.42. The first-order valence-corrected chi connectivity index (χ1v) is 6.70. The topological polar surface area (TPSA) is 49.6 Å². The number of nitrogens with zero attached hydrogens (tertiary/aromatic N) is 2. The van der Waals surface area contributed by atoms with Crippen LogP contribution in [-0.2, 0) is 13.1 Å². The smallest absolute Gasteiger partial charge is 0.324 e. The molecule has 2 amide bonds. The number of amides is 2. The Morgan fingerprint density at radius 3 is 2.76 bits per heavy atom. The SMILES string of the molecule is CN1Cc2ccccc2N(Cc2ccc(N)cc2F)C1=O. The van der Waals surface area contributed by atoms with Crippen molar-refractivity contribution in [3.63, 3.8) is 0 Å². The van der Waals surface area contributed by atoms with Gasteiger partial charge in [0.15, 0.2) is 0 Å². The van der Waals surface area contributed by atoms with E-state index in [-0.39, 0.29) is 12.6 Å². The molecule has 108 valence electrons. The fourth-order valence-electron chi connectivity index (χ4n) is 2.56. The van der Waals surface area contributed by atoms with E-state index < -0.39 is 5.82 Å². The van der Waals surface area contributed by atoms with Crippen LogP contribution in [-0.4, -0.2) is 18.0 Å². The number of nitrogens with two attached hydrogens (primary N) is 1. The Morgan fingerprint density at radius 1 is 1.24 bits per heavy atom. The van der Waals surface area contributed by atoms with Crippen LogP contribution in [0.4, 0.5) is 20.6 Å². The first-order valence-electron chi connectivity index (χ1n) is 6.70. The monoisotopic (exact) mass is 285 g/mol. The molecule has 0 unspecified atom stereocenters. The van der Waals surface area contributed by atoms with E-state index in [4.69, 9.17) is 5.73 Å². The zero-order chi connectivity index (χ0) is 15.0. The van der Waals surface area contributed by atoms with Crippen LogP contribution in [0.5, 0.6) is 0 Å². The van der Waals surface area contributed by atoms with Crippen molar-refractivity contribution in [1.29, 1.82) is 0 Å². The summed E-state index contributed by atoms with van der Waals surface area (Å²) in [7, 11) is 1.74. The molecule has 1 heterocycles. The van der Waals surface area contributed by atoms with E-state index >= 15 is 0 Å². The van der Waals surface area contributed by atoms with Crippen LogP contribution in [0.2, 0.25) is 0 Å². The highest BCUT2D eigenvalue weighted by atomic mass is 19.1. The van der Waals surface area contributed by atoms with Crippen molar-refractivity contribution in [2.45, 2.75) is 13.1 Å². The summed E-state index contributed by atoms with van der Waals surface area (Å²) in [5.74, 6) is -0.395. The average molecular weight is 285 g/mol. The van der Waals surface area contributed by atoms with Crippen LogP contribution in [0.15, 0.2) is 42.5 Å². The van der Waals surface area contributed by atoms with Gasteiger partial charge in [-0.2, -0.15) is 0 Å². The van der Waals surface area contributed by atoms with Gasteiger partial charge in [-0.15, -0.1) is 0 Å². The van der Waals surface area contributed by atoms with Crippen LogP contribution >= 0.6 is 0 Å². The van der Waals surface area contributed by atoms with E-state index in [1.54, 1.807) is 29.0 Å². The molecule has 5 heteroatoms. The number of anilines is 2.